The summed E-state index contributed by atoms with van der Waals surface area (Å²) in [4.78, 5) is 14.3. The zero-order chi connectivity index (χ0) is 14.5. The highest BCUT2D eigenvalue weighted by Crippen LogP contribution is 2.19. The Labute approximate surface area is 116 Å². The highest BCUT2D eigenvalue weighted by Gasteiger charge is 2.12. The Morgan fingerprint density at radius 3 is 2.60 bits per heavy atom. The van der Waals surface area contributed by atoms with E-state index in [0.29, 0.717) is 11.5 Å². The smallest absolute Gasteiger partial charge is 0.290 e. The molecule has 1 aromatic heterocycles. The van der Waals surface area contributed by atoms with E-state index in [1.165, 1.54) is 12.1 Å². The summed E-state index contributed by atoms with van der Waals surface area (Å²) in [5, 5.41) is 23.7. The van der Waals surface area contributed by atoms with Crippen molar-refractivity contribution in [2.45, 2.75) is 13.0 Å². The van der Waals surface area contributed by atoms with E-state index >= 15 is 0 Å². The molecule has 2 rings (SSSR count). The van der Waals surface area contributed by atoms with Crippen molar-refractivity contribution in [2.24, 2.45) is 0 Å². The van der Waals surface area contributed by atoms with Crippen LogP contribution in [0.5, 0.6) is 0 Å². The predicted octanol–water partition coefficient (Wildman–Crippen LogP) is 2.44. The molecule has 2 aromatic rings. The summed E-state index contributed by atoms with van der Waals surface area (Å²) in [6, 6.07) is 12.2. The molecule has 0 radical (unpaired) electrons. The van der Waals surface area contributed by atoms with Gasteiger partial charge in [0.1, 0.15) is 11.5 Å². The van der Waals surface area contributed by atoms with Crippen molar-refractivity contribution < 1.29 is 10.0 Å². The number of nitro groups is 1. The van der Waals surface area contributed by atoms with Gasteiger partial charge in [-0.1, -0.05) is 30.3 Å². The van der Waals surface area contributed by atoms with Crippen LogP contribution in [-0.2, 0) is 0 Å². The molecule has 0 fully saturated rings. The van der Waals surface area contributed by atoms with Crippen LogP contribution in [0.15, 0.2) is 42.5 Å². The minimum absolute atomic E-state index is 0.0147. The highest BCUT2D eigenvalue weighted by molar-refractivity contribution is 5.45. The number of pyridine rings is 1. The van der Waals surface area contributed by atoms with Crippen LogP contribution >= 0.6 is 0 Å². The fourth-order valence-electron chi connectivity index (χ4n) is 1.84. The van der Waals surface area contributed by atoms with E-state index in [0.717, 1.165) is 5.56 Å². The van der Waals surface area contributed by atoms with Gasteiger partial charge in [0, 0.05) is 12.6 Å². The second kappa shape index (κ2) is 6.12. The molecule has 20 heavy (non-hydrogen) atoms. The van der Waals surface area contributed by atoms with Gasteiger partial charge in [-0.3, -0.25) is 10.1 Å². The van der Waals surface area contributed by atoms with Gasteiger partial charge in [-0.2, -0.15) is 0 Å². The molecular weight excluding hydrogens is 258 g/mol. The molecule has 1 aromatic carbocycles. The van der Waals surface area contributed by atoms with Crippen molar-refractivity contribution >= 4 is 11.5 Å². The minimum Gasteiger partial charge on any atom is -0.387 e. The third-order valence-electron chi connectivity index (χ3n) is 2.92. The molecule has 1 unspecified atom stereocenters. The lowest BCUT2D eigenvalue weighted by atomic mass is 10.1. The van der Waals surface area contributed by atoms with Crippen LogP contribution in [0.25, 0.3) is 0 Å². The monoisotopic (exact) mass is 273 g/mol. The van der Waals surface area contributed by atoms with Gasteiger partial charge in [0.25, 0.3) is 5.69 Å². The summed E-state index contributed by atoms with van der Waals surface area (Å²) in [5.74, 6) is 0.503. The minimum atomic E-state index is -0.659. The van der Waals surface area contributed by atoms with Crippen molar-refractivity contribution in [1.82, 2.24) is 4.98 Å². The first-order valence-corrected chi connectivity index (χ1v) is 6.17. The van der Waals surface area contributed by atoms with E-state index in [1.807, 2.05) is 30.3 Å². The second-order valence-electron chi connectivity index (χ2n) is 4.37. The molecule has 2 N–H and O–H groups in total. The van der Waals surface area contributed by atoms with Gasteiger partial charge in [-0.05, 0) is 18.6 Å². The first-order valence-electron chi connectivity index (χ1n) is 6.17. The Morgan fingerprint density at radius 1 is 1.30 bits per heavy atom. The quantitative estimate of drug-likeness (QED) is 0.645. The Bertz CT molecular complexity index is 602. The lowest BCUT2D eigenvalue weighted by molar-refractivity contribution is -0.385. The number of aliphatic hydroxyl groups is 1. The molecule has 6 nitrogen and oxygen atoms in total. The molecule has 6 heteroatoms. The Balaban J connectivity index is 2.01. The van der Waals surface area contributed by atoms with Crippen LogP contribution in [0, 0.1) is 17.0 Å². The number of anilines is 1. The standard InChI is InChI=1S/C14H15N3O3/c1-10-12(17(19)20)7-8-14(16-10)15-9-13(18)11-5-3-2-4-6-11/h2-8,13,18H,9H2,1H3,(H,15,16). The van der Waals surface area contributed by atoms with Gasteiger partial charge in [-0.25, -0.2) is 4.98 Å². The Morgan fingerprint density at radius 2 is 2.00 bits per heavy atom. The van der Waals surface area contributed by atoms with Crippen LogP contribution in [0.2, 0.25) is 0 Å². The lowest BCUT2D eigenvalue weighted by Gasteiger charge is -2.12. The van der Waals surface area contributed by atoms with Crippen molar-refractivity contribution in [3.63, 3.8) is 0 Å². The van der Waals surface area contributed by atoms with Crippen LogP contribution in [0.4, 0.5) is 11.5 Å². The normalized spacial score (nSPS) is 11.9. The number of aromatic nitrogens is 1. The van der Waals surface area contributed by atoms with Crippen LogP contribution in [-0.4, -0.2) is 21.6 Å². The number of benzene rings is 1. The highest BCUT2D eigenvalue weighted by atomic mass is 16.6. The number of nitrogens with zero attached hydrogens (tertiary/aromatic N) is 2. The zero-order valence-corrected chi connectivity index (χ0v) is 11.0. The molecule has 104 valence electrons. The third-order valence-corrected chi connectivity index (χ3v) is 2.92. The molecule has 0 aliphatic heterocycles. The Kier molecular flexibility index (Phi) is 4.27. The Hall–Kier alpha value is -2.47. The number of nitrogens with one attached hydrogen (secondary N) is 1. The van der Waals surface area contributed by atoms with E-state index < -0.39 is 11.0 Å². The topological polar surface area (TPSA) is 88.3 Å². The zero-order valence-electron chi connectivity index (χ0n) is 11.0. The van der Waals surface area contributed by atoms with E-state index in [9.17, 15) is 15.2 Å². The summed E-state index contributed by atoms with van der Waals surface area (Å²) in [6.07, 6.45) is -0.659. The number of rotatable bonds is 5. The van der Waals surface area contributed by atoms with Crippen molar-refractivity contribution in [3.05, 3.63) is 63.8 Å². The molecule has 0 amide bonds. The second-order valence-corrected chi connectivity index (χ2v) is 4.37. The average molecular weight is 273 g/mol. The summed E-state index contributed by atoms with van der Waals surface area (Å²) < 4.78 is 0. The summed E-state index contributed by atoms with van der Waals surface area (Å²) >= 11 is 0. The maximum atomic E-state index is 10.7. The van der Waals surface area contributed by atoms with E-state index in [-0.39, 0.29) is 12.2 Å². The largest absolute Gasteiger partial charge is 0.387 e. The lowest BCUT2D eigenvalue weighted by Crippen LogP contribution is -2.13. The van der Waals surface area contributed by atoms with Crippen LogP contribution in [0.3, 0.4) is 0 Å². The molecule has 1 atom stereocenters. The van der Waals surface area contributed by atoms with E-state index in [2.05, 4.69) is 10.3 Å². The molecule has 0 aliphatic rings. The van der Waals surface area contributed by atoms with Crippen molar-refractivity contribution in [3.8, 4) is 0 Å². The number of hydrogen-bond donors (Lipinski definition) is 2. The number of hydrogen-bond acceptors (Lipinski definition) is 5. The van der Waals surface area contributed by atoms with Gasteiger partial charge in [0.05, 0.1) is 11.0 Å². The molecule has 0 saturated carbocycles. The fraction of sp³-hybridized carbons (Fsp3) is 0.214. The SMILES string of the molecule is Cc1nc(NCC(O)c2ccccc2)ccc1[N+](=O)[O-]. The maximum absolute atomic E-state index is 10.7. The predicted molar refractivity (Wildman–Crippen MR) is 75.5 cm³/mol. The number of aliphatic hydroxyl groups excluding tert-OH is 1. The van der Waals surface area contributed by atoms with Crippen LogP contribution < -0.4 is 5.32 Å². The number of aryl methyl sites for hydroxylation is 1. The average Bonchev–Trinajstić information content (AvgIpc) is 2.45. The fourth-order valence-corrected chi connectivity index (χ4v) is 1.84. The van der Waals surface area contributed by atoms with Gasteiger partial charge < -0.3 is 10.4 Å². The van der Waals surface area contributed by atoms with Crippen molar-refractivity contribution in [2.75, 3.05) is 11.9 Å². The van der Waals surface area contributed by atoms with Crippen molar-refractivity contribution in [1.29, 1.82) is 0 Å². The van der Waals surface area contributed by atoms with Gasteiger partial charge >= 0.3 is 0 Å². The first kappa shape index (κ1) is 14.0. The van der Waals surface area contributed by atoms with Crippen LogP contribution in [0.1, 0.15) is 17.4 Å². The van der Waals surface area contributed by atoms with E-state index in [1.54, 1.807) is 6.92 Å². The van der Waals surface area contributed by atoms with Gasteiger partial charge in [0.15, 0.2) is 0 Å². The molecule has 0 aliphatic carbocycles. The summed E-state index contributed by atoms with van der Waals surface area (Å²) in [7, 11) is 0. The maximum Gasteiger partial charge on any atom is 0.290 e. The molecule has 0 bridgehead atoms. The molecule has 0 saturated heterocycles. The molecular formula is C14H15N3O3. The molecule has 1 heterocycles. The van der Waals surface area contributed by atoms with Gasteiger partial charge in [0.2, 0.25) is 0 Å². The summed E-state index contributed by atoms with van der Waals surface area (Å²) in [6.45, 7) is 1.87. The van der Waals surface area contributed by atoms with Gasteiger partial charge in [-0.15, -0.1) is 0 Å². The third kappa shape index (κ3) is 3.30. The summed E-state index contributed by atoms with van der Waals surface area (Å²) in [5.41, 5.74) is 1.13. The first-order chi connectivity index (χ1) is 9.58. The van der Waals surface area contributed by atoms with E-state index in [4.69, 9.17) is 0 Å². The molecule has 0 spiro atoms.